The molecule has 0 unspecified atom stereocenters. The SMILES string of the molecule is Cc1cc(C)c(S(=O)(=O)Nc2ccc(-c3cn4cccc(C)c4n3)cc2)cc1C. The lowest BCUT2D eigenvalue weighted by atomic mass is 10.1. The van der Waals surface area contributed by atoms with Crippen molar-refractivity contribution in [2.24, 2.45) is 0 Å². The molecule has 0 fully saturated rings. The summed E-state index contributed by atoms with van der Waals surface area (Å²) >= 11 is 0. The summed E-state index contributed by atoms with van der Waals surface area (Å²) in [6.07, 6.45) is 3.94. The number of hydrogen-bond donors (Lipinski definition) is 1. The van der Waals surface area contributed by atoms with E-state index in [9.17, 15) is 8.42 Å². The van der Waals surface area contributed by atoms with Gasteiger partial charge in [-0.3, -0.25) is 4.72 Å². The summed E-state index contributed by atoms with van der Waals surface area (Å²) in [5, 5.41) is 0. The first kappa shape index (κ1) is 19.2. The molecule has 2 heterocycles. The Morgan fingerprint density at radius 3 is 2.24 bits per heavy atom. The Balaban J connectivity index is 1.62. The number of imidazole rings is 1. The molecule has 5 nitrogen and oxygen atoms in total. The van der Waals surface area contributed by atoms with Gasteiger partial charge in [-0.25, -0.2) is 13.4 Å². The van der Waals surface area contributed by atoms with Gasteiger partial charge in [0.25, 0.3) is 10.0 Å². The van der Waals surface area contributed by atoms with Crippen molar-refractivity contribution in [2.75, 3.05) is 4.72 Å². The molecule has 0 bridgehead atoms. The van der Waals surface area contributed by atoms with Gasteiger partial charge in [-0.15, -0.1) is 0 Å². The Hall–Kier alpha value is -3.12. The molecule has 0 atom stereocenters. The van der Waals surface area contributed by atoms with Crippen LogP contribution in [0.4, 0.5) is 5.69 Å². The zero-order chi connectivity index (χ0) is 20.8. The number of fused-ring (bicyclic) bond motifs is 1. The largest absolute Gasteiger partial charge is 0.306 e. The van der Waals surface area contributed by atoms with Crippen molar-refractivity contribution in [3.63, 3.8) is 0 Å². The van der Waals surface area contributed by atoms with Gasteiger partial charge in [0.15, 0.2) is 0 Å². The number of sulfonamides is 1. The lowest BCUT2D eigenvalue weighted by Crippen LogP contribution is -2.14. The van der Waals surface area contributed by atoms with Crippen molar-refractivity contribution in [3.05, 3.63) is 83.2 Å². The van der Waals surface area contributed by atoms with Crippen LogP contribution in [0.5, 0.6) is 0 Å². The molecule has 0 aliphatic carbocycles. The van der Waals surface area contributed by atoms with Gasteiger partial charge in [0, 0.05) is 23.6 Å². The zero-order valence-corrected chi connectivity index (χ0v) is 17.7. The molecular formula is C23H23N3O2S. The molecule has 0 saturated carbocycles. The molecule has 4 rings (SSSR count). The van der Waals surface area contributed by atoms with Crippen LogP contribution in [0, 0.1) is 27.7 Å². The zero-order valence-electron chi connectivity index (χ0n) is 16.9. The predicted molar refractivity (Wildman–Crippen MR) is 117 cm³/mol. The first-order chi connectivity index (χ1) is 13.7. The van der Waals surface area contributed by atoms with Crippen molar-refractivity contribution >= 4 is 21.4 Å². The summed E-state index contributed by atoms with van der Waals surface area (Å²) < 4.78 is 30.4. The minimum absolute atomic E-state index is 0.306. The van der Waals surface area contributed by atoms with E-state index in [2.05, 4.69) is 9.71 Å². The van der Waals surface area contributed by atoms with E-state index in [0.29, 0.717) is 10.6 Å². The maximum absolute atomic E-state index is 12.9. The highest BCUT2D eigenvalue weighted by molar-refractivity contribution is 7.92. The summed E-state index contributed by atoms with van der Waals surface area (Å²) in [7, 11) is -3.66. The third-order valence-corrected chi connectivity index (χ3v) is 6.71. The Morgan fingerprint density at radius 1 is 0.862 bits per heavy atom. The maximum Gasteiger partial charge on any atom is 0.262 e. The van der Waals surface area contributed by atoms with E-state index in [1.165, 1.54) is 0 Å². The van der Waals surface area contributed by atoms with Crippen LogP contribution in [-0.2, 0) is 10.0 Å². The highest BCUT2D eigenvalue weighted by Crippen LogP contribution is 2.25. The molecule has 6 heteroatoms. The highest BCUT2D eigenvalue weighted by atomic mass is 32.2. The second-order valence-electron chi connectivity index (χ2n) is 7.43. The number of hydrogen-bond acceptors (Lipinski definition) is 3. The molecule has 0 spiro atoms. The third kappa shape index (κ3) is 3.63. The Morgan fingerprint density at radius 2 is 1.55 bits per heavy atom. The Bertz CT molecular complexity index is 1320. The molecule has 0 aliphatic heterocycles. The van der Waals surface area contributed by atoms with Crippen LogP contribution in [0.1, 0.15) is 22.3 Å². The van der Waals surface area contributed by atoms with Crippen LogP contribution in [0.15, 0.2) is 65.8 Å². The van der Waals surface area contributed by atoms with Crippen LogP contribution >= 0.6 is 0 Å². The molecule has 2 aromatic heterocycles. The number of aromatic nitrogens is 2. The van der Waals surface area contributed by atoms with Crippen LogP contribution in [0.2, 0.25) is 0 Å². The number of anilines is 1. The fraction of sp³-hybridized carbons (Fsp3) is 0.174. The smallest absolute Gasteiger partial charge is 0.262 e. The first-order valence-corrected chi connectivity index (χ1v) is 10.9. The average Bonchev–Trinajstić information content (AvgIpc) is 3.10. The predicted octanol–water partition coefficient (Wildman–Crippen LogP) is 5.04. The third-order valence-electron chi connectivity index (χ3n) is 5.19. The molecule has 0 radical (unpaired) electrons. The lowest BCUT2D eigenvalue weighted by molar-refractivity contribution is 0.600. The summed E-state index contributed by atoms with van der Waals surface area (Å²) in [5.74, 6) is 0. The molecule has 1 N–H and O–H groups in total. The number of benzene rings is 2. The normalized spacial score (nSPS) is 11.7. The minimum Gasteiger partial charge on any atom is -0.306 e. The summed E-state index contributed by atoms with van der Waals surface area (Å²) in [6.45, 7) is 7.74. The van der Waals surface area contributed by atoms with Gasteiger partial charge < -0.3 is 4.40 Å². The molecule has 0 aliphatic rings. The molecule has 29 heavy (non-hydrogen) atoms. The van der Waals surface area contributed by atoms with Gasteiger partial charge in [0.1, 0.15) is 5.65 Å². The quantitative estimate of drug-likeness (QED) is 0.518. The lowest BCUT2D eigenvalue weighted by Gasteiger charge is -2.13. The summed E-state index contributed by atoms with van der Waals surface area (Å²) in [5.41, 5.74) is 7.08. The van der Waals surface area contributed by atoms with Gasteiger partial charge in [-0.1, -0.05) is 24.3 Å². The van der Waals surface area contributed by atoms with Gasteiger partial charge in [-0.05, 0) is 74.2 Å². The van der Waals surface area contributed by atoms with E-state index in [4.69, 9.17) is 0 Å². The number of nitrogens with one attached hydrogen (secondary N) is 1. The van der Waals surface area contributed by atoms with E-state index in [1.54, 1.807) is 18.2 Å². The summed E-state index contributed by atoms with van der Waals surface area (Å²) in [4.78, 5) is 4.99. The molecule has 148 valence electrons. The van der Waals surface area contributed by atoms with Crippen molar-refractivity contribution < 1.29 is 8.42 Å². The van der Waals surface area contributed by atoms with Crippen molar-refractivity contribution in [3.8, 4) is 11.3 Å². The topological polar surface area (TPSA) is 63.5 Å². The van der Waals surface area contributed by atoms with E-state index in [-0.39, 0.29) is 0 Å². The van der Waals surface area contributed by atoms with Gasteiger partial charge in [-0.2, -0.15) is 0 Å². The van der Waals surface area contributed by atoms with E-state index in [1.807, 2.05) is 74.8 Å². The number of pyridine rings is 1. The monoisotopic (exact) mass is 405 g/mol. The van der Waals surface area contributed by atoms with Gasteiger partial charge >= 0.3 is 0 Å². The van der Waals surface area contributed by atoms with Gasteiger partial charge in [0.05, 0.1) is 10.6 Å². The second kappa shape index (κ2) is 7.04. The van der Waals surface area contributed by atoms with Crippen LogP contribution < -0.4 is 4.72 Å². The van der Waals surface area contributed by atoms with Gasteiger partial charge in [0.2, 0.25) is 0 Å². The van der Waals surface area contributed by atoms with Crippen molar-refractivity contribution in [2.45, 2.75) is 32.6 Å². The maximum atomic E-state index is 12.9. The molecule has 0 amide bonds. The number of rotatable bonds is 4. The molecule has 0 saturated heterocycles. The van der Waals surface area contributed by atoms with Crippen LogP contribution in [-0.4, -0.2) is 17.8 Å². The molecule has 4 aromatic rings. The fourth-order valence-corrected chi connectivity index (χ4v) is 4.81. The second-order valence-corrected chi connectivity index (χ2v) is 9.08. The number of nitrogens with zero attached hydrogens (tertiary/aromatic N) is 2. The molecule has 2 aromatic carbocycles. The fourth-order valence-electron chi connectivity index (χ4n) is 3.44. The van der Waals surface area contributed by atoms with Crippen LogP contribution in [0.25, 0.3) is 16.9 Å². The highest BCUT2D eigenvalue weighted by Gasteiger charge is 2.18. The van der Waals surface area contributed by atoms with Crippen molar-refractivity contribution in [1.82, 2.24) is 9.38 Å². The standard InChI is InChI=1S/C23H23N3O2S/c1-15-6-5-11-26-14-21(24-23(15)26)19-7-9-20(10-8-19)25-29(27,28)22-13-17(3)16(2)12-18(22)4/h5-14,25H,1-4H3. The first-order valence-electron chi connectivity index (χ1n) is 9.40. The number of aryl methyl sites for hydroxylation is 4. The van der Waals surface area contributed by atoms with Crippen molar-refractivity contribution in [1.29, 1.82) is 0 Å². The van der Waals surface area contributed by atoms with E-state index in [0.717, 1.165) is 39.2 Å². The van der Waals surface area contributed by atoms with E-state index >= 15 is 0 Å². The Labute approximate surface area is 171 Å². The Kier molecular flexibility index (Phi) is 4.67. The van der Waals surface area contributed by atoms with E-state index < -0.39 is 10.0 Å². The van der Waals surface area contributed by atoms with Crippen LogP contribution in [0.3, 0.4) is 0 Å². The molecular weight excluding hydrogens is 382 g/mol. The minimum atomic E-state index is -3.66. The summed E-state index contributed by atoms with van der Waals surface area (Å²) in [6, 6.07) is 14.9. The average molecular weight is 406 g/mol.